The van der Waals surface area contributed by atoms with Gasteiger partial charge < -0.3 is 15.4 Å². The molecule has 5 rings (SSSR count). The van der Waals surface area contributed by atoms with Gasteiger partial charge in [-0.3, -0.25) is 9.98 Å². The van der Waals surface area contributed by atoms with Gasteiger partial charge in [0.2, 0.25) is 0 Å². The number of aliphatic imine (C=N–C) groups is 1. The molecule has 2 aromatic heterocycles. The minimum absolute atomic E-state index is 0.289. The van der Waals surface area contributed by atoms with Crippen LogP contribution in [-0.4, -0.2) is 35.1 Å². The molecule has 0 amide bonds. The van der Waals surface area contributed by atoms with Crippen LogP contribution in [0.3, 0.4) is 0 Å². The number of aromatic nitrogens is 2. The minimum atomic E-state index is 0.289. The summed E-state index contributed by atoms with van der Waals surface area (Å²) in [5.41, 5.74) is 3.10. The van der Waals surface area contributed by atoms with Crippen molar-refractivity contribution in [2.75, 3.05) is 23.8 Å². The second-order valence-electron chi connectivity index (χ2n) is 6.90. The number of anilines is 2. The molecular weight excluding hydrogens is 338 g/mol. The van der Waals surface area contributed by atoms with Crippen molar-refractivity contribution < 1.29 is 4.74 Å². The molecule has 6 nitrogen and oxygen atoms in total. The second kappa shape index (κ2) is 6.96. The Morgan fingerprint density at radius 3 is 3.04 bits per heavy atom. The zero-order valence-electron chi connectivity index (χ0n) is 15.0. The first-order valence-electron chi connectivity index (χ1n) is 9.37. The Hall–Kier alpha value is -2.99. The average molecular weight is 359 g/mol. The number of pyridine rings is 2. The largest absolute Gasteiger partial charge is 0.376 e. The summed E-state index contributed by atoms with van der Waals surface area (Å²) in [5.74, 6) is 1.78. The van der Waals surface area contributed by atoms with Gasteiger partial charge in [0.15, 0.2) is 0 Å². The molecule has 1 saturated heterocycles. The number of hydrogen-bond acceptors (Lipinski definition) is 6. The lowest BCUT2D eigenvalue weighted by molar-refractivity contribution is 0.120. The minimum Gasteiger partial charge on any atom is -0.376 e. The summed E-state index contributed by atoms with van der Waals surface area (Å²) < 4.78 is 5.69. The third kappa shape index (κ3) is 3.24. The van der Waals surface area contributed by atoms with Gasteiger partial charge in [0.1, 0.15) is 11.7 Å². The molecule has 0 saturated carbocycles. The summed E-state index contributed by atoms with van der Waals surface area (Å²) in [4.78, 5) is 13.5. The highest BCUT2D eigenvalue weighted by Gasteiger charge is 2.17. The van der Waals surface area contributed by atoms with E-state index >= 15 is 0 Å². The van der Waals surface area contributed by atoms with E-state index < -0.39 is 0 Å². The first-order valence-corrected chi connectivity index (χ1v) is 9.37. The Kier molecular flexibility index (Phi) is 4.18. The standard InChI is InChI=1S/C21H21N5O/c1-4-18-19(22-8-1)13-25-21(18)26-15-5-6-17-14(11-15)7-9-23-20(17)24-12-16-3-2-10-27-16/h1,4-9,11,16H,2-3,10,12-13H2,(H,23,24)(H,25,26)/t16-/m1/s1. The fraction of sp³-hybridized carbons (Fsp3) is 0.286. The topological polar surface area (TPSA) is 71.4 Å². The van der Waals surface area contributed by atoms with Crippen LogP contribution < -0.4 is 10.6 Å². The van der Waals surface area contributed by atoms with Gasteiger partial charge in [-0.1, -0.05) is 0 Å². The first-order chi connectivity index (χ1) is 13.4. The van der Waals surface area contributed by atoms with Crippen molar-refractivity contribution in [1.82, 2.24) is 9.97 Å². The van der Waals surface area contributed by atoms with E-state index in [2.05, 4.69) is 49.9 Å². The molecule has 136 valence electrons. The van der Waals surface area contributed by atoms with Crippen LogP contribution in [0.1, 0.15) is 24.1 Å². The number of amidine groups is 1. The van der Waals surface area contributed by atoms with E-state index in [1.807, 2.05) is 24.5 Å². The molecule has 1 atom stereocenters. The fourth-order valence-electron chi connectivity index (χ4n) is 3.67. The Balaban J connectivity index is 1.36. The monoisotopic (exact) mass is 359 g/mol. The van der Waals surface area contributed by atoms with Crippen molar-refractivity contribution in [3.63, 3.8) is 0 Å². The maximum atomic E-state index is 5.69. The lowest BCUT2D eigenvalue weighted by atomic mass is 10.1. The zero-order chi connectivity index (χ0) is 18.1. The summed E-state index contributed by atoms with van der Waals surface area (Å²) in [6, 6.07) is 12.3. The number of ether oxygens (including phenoxy) is 1. The summed E-state index contributed by atoms with van der Waals surface area (Å²) in [7, 11) is 0. The molecule has 27 heavy (non-hydrogen) atoms. The van der Waals surface area contributed by atoms with Gasteiger partial charge in [0, 0.05) is 42.2 Å². The highest BCUT2D eigenvalue weighted by atomic mass is 16.5. The van der Waals surface area contributed by atoms with Crippen LogP contribution in [0.2, 0.25) is 0 Å². The number of nitrogens with zero attached hydrogens (tertiary/aromatic N) is 3. The lowest BCUT2D eigenvalue weighted by Gasteiger charge is -2.14. The van der Waals surface area contributed by atoms with E-state index in [0.29, 0.717) is 6.54 Å². The fourth-order valence-corrected chi connectivity index (χ4v) is 3.67. The van der Waals surface area contributed by atoms with Gasteiger partial charge in [-0.05, 0) is 54.6 Å². The first kappa shape index (κ1) is 16.2. The van der Waals surface area contributed by atoms with Crippen LogP contribution in [0.15, 0.2) is 53.8 Å². The van der Waals surface area contributed by atoms with Crippen LogP contribution >= 0.6 is 0 Å². The molecule has 2 aliphatic heterocycles. The summed E-state index contributed by atoms with van der Waals surface area (Å²) in [6.45, 7) is 2.30. The number of benzene rings is 1. The normalized spacial score (nSPS) is 18.4. The second-order valence-corrected chi connectivity index (χ2v) is 6.90. The van der Waals surface area contributed by atoms with Crippen molar-refractivity contribution in [1.29, 1.82) is 0 Å². The van der Waals surface area contributed by atoms with Crippen LogP contribution in [-0.2, 0) is 11.3 Å². The molecule has 2 N–H and O–H groups in total. The van der Waals surface area contributed by atoms with E-state index in [1.54, 1.807) is 0 Å². The van der Waals surface area contributed by atoms with E-state index in [0.717, 1.165) is 65.4 Å². The van der Waals surface area contributed by atoms with Gasteiger partial charge in [-0.15, -0.1) is 0 Å². The number of rotatable bonds is 4. The van der Waals surface area contributed by atoms with Gasteiger partial charge >= 0.3 is 0 Å². The molecule has 0 unspecified atom stereocenters. The van der Waals surface area contributed by atoms with E-state index in [-0.39, 0.29) is 6.10 Å². The molecule has 0 aliphatic carbocycles. The van der Waals surface area contributed by atoms with Gasteiger partial charge in [0.05, 0.1) is 18.3 Å². The van der Waals surface area contributed by atoms with Gasteiger partial charge in [-0.2, -0.15) is 0 Å². The number of nitrogens with one attached hydrogen (secondary N) is 2. The third-order valence-electron chi connectivity index (χ3n) is 5.08. The molecule has 1 aromatic carbocycles. The predicted octanol–water partition coefficient (Wildman–Crippen LogP) is 3.59. The molecule has 3 aromatic rings. The van der Waals surface area contributed by atoms with Crippen molar-refractivity contribution in [2.45, 2.75) is 25.5 Å². The lowest BCUT2D eigenvalue weighted by Crippen LogP contribution is -2.19. The van der Waals surface area contributed by atoms with E-state index in [9.17, 15) is 0 Å². The smallest absolute Gasteiger partial charge is 0.135 e. The molecule has 0 bridgehead atoms. The molecule has 0 radical (unpaired) electrons. The molecule has 1 fully saturated rings. The Bertz CT molecular complexity index is 1010. The van der Waals surface area contributed by atoms with Crippen LogP contribution in [0.25, 0.3) is 10.8 Å². The highest BCUT2D eigenvalue weighted by Crippen LogP contribution is 2.26. The van der Waals surface area contributed by atoms with E-state index in [1.165, 1.54) is 0 Å². The SMILES string of the molecule is c1cnc2c(c1)C(Nc1ccc3c(NC[C@H]4CCCO4)nccc3c1)=NC2. The average Bonchev–Trinajstić information content (AvgIpc) is 3.36. The maximum Gasteiger partial charge on any atom is 0.135 e. The summed E-state index contributed by atoms with van der Waals surface area (Å²) in [5, 5.41) is 9.12. The molecule has 4 heterocycles. The molecular formula is C21H21N5O. The van der Waals surface area contributed by atoms with Crippen molar-refractivity contribution >= 4 is 28.1 Å². The van der Waals surface area contributed by atoms with Crippen LogP contribution in [0.5, 0.6) is 0 Å². The predicted molar refractivity (Wildman–Crippen MR) is 107 cm³/mol. The van der Waals surface area contributed by atoms with Gasteiger partial charge in [-0.25, -0.2) is 4.98 Å². The molecule has 2 aliphatic rings. The van der Waals surface area contributed by atoms with Crippen molar-refractivity contribution in [3.05, 3.63) is 60.0 Å². The Morgan fingerprint density at radius 1 is 1.11 bits per heavy atom. The quantitative estimate of drug-likeness (QED) is 0.745. The van der Waals surface area contributed by atoms with E-state index in [4.69, 9.17) is 4.74 Å². The molecule has 6 heteroatoms. The van der Waals surface area contributed by atoms with Gasteiger partial charge in [0.25, 0.3) is 0 Å². The highest BCUT2D eigenvalue weighted by molar-refractivity contribution is 6.11. The zero-order valence-corrected chi connectivity index (χ0v) is 15.0. The number of hydrogen-bond donors (Lipinski definition) is 2. The number of fused-ring (bicyclic) bond motifs is 2. The maximum absolute atomic E-state index is 5.69. The molecule has 0 spiro atoms. The summed E-state index contributed by atoms with van der Waals surface area (Å²) in [6.07, 6.45) is 6.20. The van der Waals surface area contributed by atoms with Crippen LogP contribution in [0, 0.1) is 0 Å². The Labute approximate surface area is 157 Å². The van der Waals surface area contributed by atoms with Crippen LogP contribution in [0.4, 0.5) is 11.5 Å². The summed E-state index contributed by atoms with van der Waals surface area (Å²) >= 11 is 0. The van der Waals surface area contributed by atoms with Crippen molar-refractivity contribution in [2.24, 2.45) is 4.99 Å². The third-order valence-corrected chi connectivity index (χ3v) is 5.08. The van der Waals surface area contributed by atoms with Crippen molar-refractivity contribution in [3.8, 4) is 0 Å². The Morgan fingerprint density at radius 2 is 2.11 bits per heavy atom.